The lowest BCUT2D eigenvalue weighted by molar-refractivity contribution is 0.625. The van der Waals surface area contributed by atoms with Crippen molar-refractivity contribution in [3.63, 3.8) is 0 Å². The fourth-order valence-electron chi connectivity index (χ4n) is 1.53. The number of hydrogen-bond acceptors (Lipinski definition) is 0. The number of alkyl halides is 1. The summed E-state index contributed by atoms with van der Waals surface area (Å²) in [6.45, 7) is 4.07. The van der Waals surface area contributed by atoms with Crippen LogP contribution in [0.5, 0.6) is 0 Å². The normalized spacial score (nSPS) is 11.9. The van der Waals surface area contributed by atoms with Crippen molar-refractivity contribution in [1.29, 1.82) is 0 Å². The lowest BCUT2D eigenvalue weighted by atomic mass is 10.0. The first-order valence-electron chi connectivity index (χ1n) is 5.10. The average molecular weight is 271 g/mol. The van der Waals surface area contributed by atoms with Gasteiger partial charge in [-0.2, -0.15) is 0 Å². The number of benzene rings is 1. The quantitative estimate of drug-likeness (QED) is 0.562. The van der Waals surface area contributed by atoms with E-state index in [1.807, 2.05) is 13.0 Å². The molecule has 0 spiro atoms. The van der Waals surface area contributed by atoms with Gasteiger partial charge in [-0.1, -0.05) is 33.6 Å². The van der Waals surface area contributed by atoms with E-state index < -0.39 is 0 Å². The van der Waals surface area contributed by atoms with Gasteiger partial charge in [-0.15, -0.1) is 0 Å². The van der Waals surface area contributed by atoms with Gasteiger partial charge in [-0.05, 0) is 49.9 Å². The number of allylic oxidation sites excluding steroid dienone is 2. The molecular formula is C13H16BrF. The molecule has 0 saturated carbocycles. The maximum atomic E-state index is 12.9. The Morgan fingerprint density at radius 1 is 1.47 bits per heavy atom. The number of halogens is 2. The van der Waals surface area contributed by atoms with Crippen LogP contribution in [0.3, 0.4) is 0 Å². The lowest BCUT2D eigenvalue weighted by Gasteiger charge is -2.06. The molecule has 0 unspecified atom stereocenters. The van der Waals surface area contributed by atoms with E-state index in [9.17, 15) is 4.39 Å². The van der Waals surface area contributed by atoms with Gasteiger partial charge in [0.05, 0.1) is 0 Å². The standard InChI is InChI=1S/C13H16BrF/c1-10(4-3-7-14)8-12-5-6-13(15)9-11(12)2/h4-6,9H,3,7-8H2,1-2H3/b10-4-. The maximum Gasteiger partial charge on any atom is 0.123 e. The van der Waals surface area contributed by atoms with Gasteiger partial charge < -0.3 is 0 Å². The summed E-state index contributed by atoms with van der Waals surface area (Å²) in [7, 11) is 0. The van der Waals surface area contributed by atoms with E-state index >= 15 is 0 Å². The maximum absolute atomic E-state index is 12.9. The molecule has 0 atom stereocenters. The predicted molar refractivity (Wildman–Crippen MR) is 67.0 cm³/mol. The number of hydrogen-bond donors (Lipinski definition) is 0. The van der Waals surface area contributed by atoms with Gasteiger partial charge in [0.25, 0.3) is 0 Å². The lowest BCUT2D eigenvalue weighted by Crippen LogP contribution is -1.92. The minimum Gasteiger partial charge on any atom is -0.207 e. The molecule has 82 valence electrons. The molecule has 15 heavy (non-hydrogen) atoms. The molecule has 2 heteroatoms. The van der Waals surface area contributed by atoms with Crippen LogP contribution in [0.2, 0.25) is 0 Å². The Bertz CT molecular complexity index is 356. The highest BCUT2D eigenvalue weighted by Crippen LogP contribution is 2.14. The Labute approximate surface area is 99.3 Å². The molecule has 0 aliphatic carbocycles. The van der Waals surface area contributed by atoms with Crippen molar-refractivity contribution in [2.45, 2.75) is 26.7 Å². The van der Waals surface area contributed by atoms with Gasteiger partial charge in [0.2, 0.25) is 0 Å². The van der Waals surface area contributed by atoms with Crippen LogP contribution in [-0.2, 0) is 6.42 Å². The summed E-state index contributed by atoms with van der Waals surface area (Å²) in [5.74, 6) is -0.154. The molecule has 0 N–H and O–H groups in total. The molecule has 0 heterocycles. The van der Waals surface area contributed by atoms with Gasteiger partial charge in [0, 0.05) is 5.33 Å². The summed E-state index contributed by atoms with van der Waals surface area (Å²) in [6, 6.07) is 4.99. The molecule has 0 aliphatic rings. The summed E-state index contributed by atoms with van der Waals surface area (Å²) >= 11 is 3.39. The first kappa shape index (κ1) is 12.4. The third-order valence-corrected chi connectivity index (χ3v) is 2.83. The zero-order valence-corrected chi connectivity index (χ0v) is 10.8. The molecule has 1 aromatic carbocycles. The predicted octanol–water partition coefficient (Wildman–Crippen LogP) is 4.41. The van der Waals surface area contributed by atoms with Crippen LogP contribution >= 0.6 is 15.9 Å². The van der Waals surface area contributed by atoms with Crippen LogP contribution in [0.15, 0.2) is 29.8 Å². The number of aryl methyl sites for hydroxylation is 1. The van der Waals surface area contributed by atoms with Gasteiger partial charge in [0.1, 0.15) is 5.82 Å². The van der Waals surface area contributed by atoms with E-state index in [2.05, 4.69) is 28.9 Å². The third kappa shape index (κ3) is 4.17. The summed E-state index contributed by atoms with van der Waals surface area (Å²) < 4.78 is 12.9. The molecule has 0 radical (unpaired) electrons. The molecule has 0 bridgehead atoms. The molecule has 1 aromatic rings. The van der Waals surface area contributed by atoms with Gasteiger partial charge in [-0.25, -0.2) is 4.39 Å². The van der Waals surface area contributed by atoms with Crippen molar-refractivity contribution in [2.75, 3.05) is 5.33 Å². The van der Waals surface area contributed by atoms with Crippen molar-refractivity contribution in [1.82, 2.24) is 0 Å². The highest BCUT2D eigenvalue weighted by atomic mass is 79.9. The van der Waals surface area contributed by atoms with Gasteiger partial charge in [-0.3, -0.25) is 0 Å². The zero-order chi connectivity index (χ0) is 11.3. The van der Waals surface area contributed by atoms with Crippen molar-refractivity contribution in [2.24, 2.45) is 0 Å². The Morgan fingerprint density at radius 3 is 2.80 bits per heavy atom. The summed E-state index contributed by atoms with van der Waals surface area (Å²) in [5.41, 5.74) is 3.57. The van der Waals surface area contributed by atoms with Crippen LogP contribution in [-0.4, -0.2) is 5.33 Å². The molecule has 0 amide bonds. The third-order valence-electron chi connectivity index (χ3n) is 2.38. The fraction of sp³-hybridized carbons (Fsp3) is 0.385. The SMILES string of the molecule is C/C(=C/CCBr)Cc1ccc(F)cc1C. The highest BCUT2D eigenvalue weighted by molar-refractivity contribution is 9.09. The van der Waals surface area contributed by atoms with Crippen LogP contribution < -0.4 is 0 Å². The van der Waals surface area contributed by atoms with Gasteiger partial charge >= 0.3 is 0 Å². The molecule has 0 aliphatic heterocycles. The second-order valence-corrected chi connectivity index (χ2v) is 4.57. The first-order valence-corrected chi connectivity index (χ1v) is 6.22. The van der Waals surface area contributed by atoms with Crippen LogP contribution in [0, 0.1) is 12.7 Å². The molecule has 0 nitrogen and oxygen atoms in total. The van der Waals surface area contributed by atoms with E-state index in [0.717, 1.165) is 23.7 Å². The van der Waals surface area contributed by atoms with Crippen LogP contribution in [0.25, 0.3) is 0 Å². The first-order chi connectivity index (χ1) is 7.13. The second-order valence-electron chi connectivity index (χ2n) is 3.78. The largest absolute Gasteiger partial charge is 0.207 e. The topological polar surface area (TPSA) is 0 Å². The van der Waals surface area contributed by atoms with E-state index in [1.54, 1.807) is 6.07 Å². The zero-order valence-electron chi connectivity index (χ0n) is 9.19. The van der Waals surface area contributed by atoms with E-state index in [-0.39, 0.29) is 5.82 Å². The minimum atomic E-state index is -0.154. The van der Waals surface area contributed by atoms with Crippen LogP contribution in [0.1, 0.15) is 24.5 Å². The Kier molecular flexibility index (Phi) is 5.03. The number of rotatable bonds is 4. The summed E-state index contributed by atoms with van der Waals surface area (Å²) in [5, 5.41) is 0.993. The van der Waals surface area contributed by atoms with E-state index in [4.69, 9.17) is 0 Å². The average Bonchev–Trinajstić information content (AvgIpc) is 2.19. The molecular weight excluding hydrogens is 255 g/mol. The van der Waals surface area contributed by atoms with Crippen molar-refractivity contribution < 1.29 is 4.39 Å². The van der Waals surface area contributed by atoms with Crippen molar-refractivity contribution >= 4 is 15.9 Å². The van der Waals surface area contributed by atoms with Crippen molar-refractivity contribution in [3.05, 3.63) is 46.8 Å². The fourth-order valence-corrected chi connectivity index (χ4v) is 1.76. The smallest absolute Gasteiger partial charge is 0.123 e. The highest BCUT2D eigenvalue weighted by Gasteiger charge is 2.00. The van der Waals surface area contributed by atoms with Crippen LogP contribution in [0.4, 0.5) is 4.39 Å². The minimum absolute atomic E-state index is 0.154. The monoisotopic (exact) mass is 270 g/mol. The summed E-state index contributed by atoms with van der Waals surface area (Å²) in [6.07, 6.45) is 4.18. The molecule has 1 rings (SSSR count). The van der Waals surface area contributed by atoms with E-state index in [0.29, 0.717) is 0 Å². The molecule has 0 saturated heterocycles. The van der Waals surface area contributed by atoms with Crippen molar-refractivity contribution in [3.8, 4) is 0 Å². The Morgan fingerprint density at radius 2 is 2.20 bits per heavy atom. The Balaban J connectivity index is 2.72. The molecule has 0 aromatic heterocycles. The molecule has 0 fully saturated rings. The van der Waals surface area contributed by atoms with Gasteiger partial charge in [0.15, 0.2) is 0 Å². The van der Waals surface area contributed by atoms with E-state index in [1.165, 1.54) is 17.2 Å². The summed E-state index contributed by atoms with van der Waals surface area (Å²) in [4.78, 5) is 0. The Hall–Kier alpha value is -0.630. The second kappa shape index (κ2) is 6.06.